The minimum Gasteiger partial charge on any atom is -0.379 e. The van der Waals surface area contributed by atoms with Gasteiger partial charge >= 0.3 is 0 Å². The summed E-state index contributed by atoms with van der Waals surface area (Å²) < 4.78 is 10.9. The van der Waals surface area contributed by atoms with Gasteiger partial charge in [0.25, 0.3) is 5.91 Å². The lowest BCUT2D eigenvalue weighted by Gasteiger charge is -2.34. The molecule has 0 bridgehead atoms. The van der Waals surface area contributed by atoms with Gasteiger partial charge in [0.05, 0.1) is 25.4 Å². The quantitative estimate of drug-likeness (QED) is 0.565. The zero-order valence-corrected chi connectivity index (χ0v) is 14.0. The number of nitrogens with one attached hydrogen (secondary N) is 1. The van der Waals surface area contributed by atoms with E-state index in [-0.39, 0.29) is 23.7 Å². The molecule has 7 heteroatoms. The van der Waals surface area contributed by atoms with Crippen LogP contribution < -0.4 is 5.32 Å². The lowest BCUT2D eigenvalue weighted by molar-refractivity contribution is -0.117. The van der Waals surface area contributed by atoms with Crippen molar-refractivity contribution >= 4 is 5.91 Å². The van der Waals surface area contributed by atoms with Crippen molar-refractivity contribution < 1.29 is 14.3 Å². The van der Waals surface area contributed by atoms with Crippen LogP contribution in [0.5, 0.6) is 0 Å². The van der Waals surface area contributed by atoms with E-state index in [2.05, 4.69) is 10.2 Å². The van der Waals surface area contributed by atoms with Gasteiger partial charge in [-0.25, -0.2) is 0 Å². The highest BCUT2D eigenvalue weighted by Crippen LogP contribution is 2.12. The summed E-state index contributed by atoms with van der Waals surface area (Å²) in [5.74, 6) is -0.312. The van der Waals surface area contributed by atoms with Crippen LogP contribution in [0.2, 0.25) is 0 Å². The van der Waals surface area contributed by atoms with Crippen LogP contribution in [0.3, 0.4) is 0 Å². The smallest absolute Gasteiger partial charge is 0.263 e. The van der Waals surface area contributed by atoms with Crippen LogP contribution in [-0.4, -0.2) is 80.4 Å². The molecule has 0 aromatic heterocycles. The van der Waals surface area contributed by atoms with Crippen LogP contribution in [0, 0.1) is 11.3 Å². The zero-order valence-electron chi connectivity index (χ0n) is 14.0. The van der Waals surface area contributed by atoms with Crippen molar-refractivity contribution in [3.8, 4) is 6.07 Å². The second-order valence-corrected chi connectivity index (χ2v) is 6.08. The van der Waals surface area contributed by atoms with Crippen LogP contribution in [0.25, 0.3) is 0 Å². The number of carbonyl (C=O) groups excluding carboxylic acids is 1. The number of morpholine rings is 2. The van der Waals surface area contributed by atoms with E-state index in [1.807, 2.05) is 24.8 Å². The summed E-state index contributed by atoms with van der Waals surface area (Å²) in [5, 5.41) is 12.1. The summed E-state index contributed by atoms with van der Waals surface area (Å²) in [4.78, 5) is 16.4. The first-order valence-corrected chi connectivity index (χ1v) is 8.18. The third-order valence-corrected chi connectivity index (χ3v) is 3.94. The van der Waals surface area contributed by atoms with Crippen LogP contribution in [0.4, 0.5) is 0 Å². The van der Waals surface area contributed by atoms with Crippen LogP contribution >= 0.6 is 0 Å². The Morgan fingerprint density at radius 1 is 1.30 bits per heavy atom. The van der Waals surface area contributed by atoms with Gasteiger partial charge in [0.1, 0.15) is 11.6 Å². The molecular weight excluding hydrogens is 296 g/mol. The van der Waals surface area contributed by atoms with Gasteiger partial charge in [-0.2, -0.15) is 5.26 Å². The third-order valence-electron chi connectivity index (χ3n) is 3.94. The summed E-state index contributed by atoms with van der Waals surface area (Å²) in [5.41, 5.74) is 0.147. The predicted octanol–water partition coefficient (Wildman–Crippen LogP) is -0.0485. The van der Waals surface area contributed by atoms with Gasteiger partial charge in [0.2, 0.25) is 0 Å². The van der Waals surface area contributed by atoms with Gasteiger partial charge in [-0.3, -0.25) is 9.69 Å². The number of nitrogens with zero attached hydrogens (tertiary/aromatic N) is 3. The number of hydrogen-bond donors (Lipinski definition) is 1. The predicted molar refractivity (Wildman–Crippen MR) is 85.5 cm³/mol. The molecule has 2 aliphatic rings. The van der Waals surface area contributed by atoms with Gasteiger partial charge in [0.15, 0.2) is 0 Å². The third kappa shape index (κ3) is 5.82. The topological polar surface area (TPSA) is 77.8 Å². The minimum atomic E-state index is -0.312. The Morgan fingerprint density at radius 2 is 1.96 bits per heavy atom. The molecular formula is C16H26N4O3. The lowest BCUT2D eigenvalue weighted by atomic mass is 10.2. The summed E-state index contributed by atoms with van der Waals surface area (Å²) in [6, 6.07) is 2.00. The highest BCUT2D eigenvalue weighted by Gasteiger charge is 2.21. The number of nitriles is 1. The molecule has 0 aromatic rings. The molecule has 1 amide bonds. The average Bonchev–Trinajstić information content (AvgIpc) is 2.52. The Balaban J connectivity index is 1.80. The fourth-order valence-electron chi connectivity index (χ4n) is 2.89. The maximum Gasteiger partial charge on any atom is 0.263 e. The second-order valence-electron chi connectivity index (χ2n) is 6.08. The molecule has 2 unspecified atom stereocenters. The molecule has 0 radical (unpaired) electrons. The summed E-state index contributed by atoms with van der Waals surface area (Å²) in [7, 11) is 0. The van der Waals surface area contributed by atoms with Gasteiger partial charge in [-0.05, 0) is 13.8 Å². The first-order valence-electron chi connectivity index (χ1n) is 8.18. The fourth-order valence-corrected chi connectivity index (χ4v) is 2.89. The molecule has 0 spiro atoms. The van der Waals surface area contributed by atoms with Crippen molar-refractivity contribution in [2.45, 2.75) is 26.1 Å². The van der Waals surface area contributed by atoms with Gasteiger partial charge in [0, 0.05) is 45.5 Å². The molecule has 2 fully saturated rings. The van der Waals surface area contributed by atoms with Gasteiger partial charge < -0.3 is 19.7 Å². The van der Waals surface area contributed by atoms with Gasteiger partial charge in [-0.1, -0.05) is 0 Å². The average molecular weight is 322 g/mol. The maximum absolute atomic E-state index is 12.1. The lowest BCUT2D eigenvalue weighted by Crippen LogP contribution is -2.43. The van der Waals surface area contributed by atoms with E-state index in [1.165, 1.54) is 0 Å². The van der Waals surface area contributed by atoms with Crippen LogP contribution in [-0.2, 0) is 14.3 Å². The van der Waals surface area contributed by atoms with E-state index < -0.39 is 0 Å². The molecule has 2 saturated heterocycles. The first kappa shape index (κ1) is 17.7. The number of carbonyl (C=O) groups is 1. The highest BCUT2D eigenvalue weighted by molar-refractivity contribution is 5.97. The Morgan fingerprint density at radius 3 is 2.57 bits per heavy atom. The van der Waals surface area contributed by atoms with E-state index >= 15 is 0 Å². The van der Waals surface area contributed by atoms with Gasteiger partial charge in [-0.15, -0.1) is 0 Å². The minimum absolute atomic E-state index is 0.0966. The molecule has 2 atom stereocenters. The number of hydrogen-bond acceptors (Lipinski definition) is 6. The number of amides is 1. The highest BCUT2D eigenvalue weighted by atomic mass is 16.5. The number of ether oxygens (including phenoxy) is 2. The molecule has 0 aromatic carbocycles. The van der Waals surface area contributed by atoms with Crippen molar-refractivity contribution in [3.63, 3.8) is 0 Å². The fraction of sp³-hybridized carbons (Fsp3) is 0.750. The molecule has 2 heterocycles. The zero-order chi connectivity index (χ0) is 16.7. The molecule has 2 rings (SSSR count). The Kier molecular flexibility index (Phi) is 6.84. The summed E-state index contributed by atoms with van der Waals surface area (Å²) in [6.07, 6.45) is 1.85. The molecule has 2 aliphatic heterocycles. The molecule has 1 N–H and O–H groups in total. The second kappa shape index (κ2) is 8.87. The SMILES string of the molecule is CC1CN(/C=C(/C#N)C(=O)NCCN2CCOCC2)CC(C)O1. The van der Waals surface area contributed by atoms with Crippen molar-refractivity contribution in [2.75, 3.05) is 52.5 Å². The van der Waals surface area contributed by atoms with Crippen molar-refractivity contribution in [3.05, 3.63) is 11.8 Å². The molecule has 23 heavy (non-hydrogen) atoms. The van der Waals surface area contributed by atoms with Crippen molar-refractivity contribution in [1.82, 2.24) is 15.1 Å². The van der Waals surface area contributed by atoms with Crippen LogP contribution in [0.1, 0.15) is 13.8 Å². The number of rotatable bonds is 5. The van der Waals surface area contributed by atoms with Crippen molar-refractivity contribution in [2.24, 2.45) is 0 Å². The molecule has 7 nitrogen and oxygen atoms in total. The largest absolute Gasteiger partial charge is 0.379 e. The Hall–Kier alpha value is -1.62. The molecule has 0 saturated carbocycles. The molecule has 0 aliphatic carbocycles. The first-order chi connectivity index (χ1) is 11.1. The van der Waals surface area contributed by atoms with E-state index in [4.69, 9.17) is 9.47 Å². The Labute approximate surface area is 137 Å². The summed E-state index contributed by atoms with van der Waals surface area (Å²) >= 11 is 0. The monoisotopic (exact) mass is 322 g/mol. The van der Waals surface area contributed by atoms with E-state index in [1.54, 1.807) is 6.20 Å². The maximum atomic E-state index is 12.1. The van der Waals surface area contributed by atoms with Crippen LogP contribution in [0.15, 0.2) is 11.8 Å². The standard InChI is InChI=1S/C16H26N4O3/c1-13-10-20(11-14(2)23-13)12-15(9-17)16(21)18-3-4-19-5-7-22-8-6-19/h12-14H,3-8,10-11H2,1-2H3,(H,18,21)/b15-12-. The van der Waals surface area contributed by atoms with E-state index in [0.717, 1.165) is 32.8 Å². The summed E-state index contributed by atoms with van der Waals surface area (Å²) in [6.45, 7) is 9.94. The van der Waals surface area contributed by atoms with Crippen molar-refractivity contribution in [1.29, 1.82) is 5.26 Å². The Bertz CT molecular complexity index is 458. The van der Waals surface area contributed by atoms with E-state index in [9.17, 15) is 10.1 Å². The normalized spacial score (nSPS) is 26.7. The molecule has 128 valence electrons. The van der Waals surface area contributed by atoms with E-state index in [0.29, 0.717) is 19.6 Å².